The van der Waals surface area contributed by atoms with Crippen molar-refractivity contribution in [2.45, 2.75) is 30.7 Å². The lowest BCUT2D eigenvalue weighted by molar-refractivity contribution is 0.265. The van der Waals surface area contributed by atoms with Crippen LogP contribution >= 0.6 is 12.4 Å². The van der Waals surface area contributed by atoms with Crippen LogP contribution in [0.3, 0.4) is 0 Å². The molecule has 2 nitrogen and oxygen atoms in total. The minimum absolute atomic E-state index is 0. The lowest BCUT2D eigenvalue weighted by Crippen LogP contribution is -2.34. The molecule has 0 radical (unpaired) electrons. The zero-order chi connectivity index (χ0) is 14.4. The minimum Gasteiger partial charge on any atom is -0.399 e. The first-order valence-electron chi connectivity index (χ1n) is 7.88. The Morgan fingerprint density at radius 1 is 1.00 bits per heavy atom. The summed E-state index contributed by atoms with van der Waals surface area (Å²) >= 11 is 0. The van der Waals surface area contributed by atoms with Gasteiger partial charge in [0.15, 0.2) is 0 Å². The van der Waals surface area contributed by atoms with E-state index < -0.39 is 0 Å². The molecule has 0 saturated carbocycles. The molecular weight excluding hydrogens is 292 g/mol. The Kier molecular flexibility index (Phi) is 4.16. The van der Waals surface area contributed by atoms with Gasteiger partial charge in [-0.2, -0.15) is 0 Å². The maximum absolute atomic E-state index is 5.85. The van der Waals surface area contributed by atoms with E-state index in [1.54, 1.807) is 5.56 Å². The second-order valence-corrected chi connectivity index (χ2v) is 6.53. The van der Waals surface area contributed by atoms with E-state index >= 15 is 0 Å². The van der Waals surface area contributed by atoms with Gasteiger partial charge in [0, 0.05) is 23.6 Å². The monoisotopic (exact) mass is 314 g/mol. The number of nitrogen functional groups attached to an aromatic ring is 1. The molecule has 3 atom stereocenters. The van der Waals surface area contributed by atoms with E-state index in [0.717, 1.165) is 11.6 Å². The molecule has 4 rings (SSSR count). The van der Waals surface area contributed by atoms with E-state index in [2.05, 4.69) is 48.3 Å². The molecule has 1 heterocycles. The van der Waals surface area contributed by atoms with Gasteiger partial charge in [-0.3, -0.25) is 0 Å². The van der Waals surface area contributed by atoms with Crippen molar-refractivity contribution in [2.24, 2.45) is 0 Å². The third-order valence-electron chi connectivity index (χ3n) is 5.41. The summed E-state index contributed by atoms with van der Waals surface area (Å²) in [4.78, 5) is 2.55. The third kappa shape index (κ3) is 2.41. The Morgan fingerprint density at radius 2 is 1.68 bits per heavy atom. The normalized spacial score (nSPS) is 26.9. The number of fused-ring (bicyclic) bond motifs is 3. The van der Waals surface area contributed by atoms with E-state index in [-0.39, 0.29) is 12.4 Å². The van der Waals surface area contributed by atoms with Crippen molar-refractivity contribution in [3.05, 3.63) is 65.2 Å². The first-order chi connectivity index (χ1) is 10.2. The Balaban J connectivity index is 0.00000144. The predicted molar refractivity (Wildman–Crippen MR) is 94.8 cm³/mol. The topological polar surface area (TPSA) is 29.3 Å². The summed E-state index contributed by atoms with van der Waals surface area (Å²) < 4.78 is 0. The molecule has 22 heavy (non-hydrogen) atoms. The van der Waals surface area contributed by atoms with Gasteiger partial charge in [-0.05, 0) is 55.3 Å². The van der Waals surface area contributed by atoms with Gasteiger partial charge in [0.1, 0.15) is 0 Å². The molecule has 0 aromatic heterocycles. The van der Waals surface area contributed by atoms with Crippen LogP contribution in [-0.4, -0.2) is 24.5 Å². The second kappa shape index (κ2) is 5.94. The highest BCUT2D eigenvalue weighted by atomic mass is 35.5. The van der Waals surface area contributed by atoms with Crippen molar-refractivity contribution >= 4 is 18.1 Å². The van der Waals surface area contributed by atoms with Crippen LogP contribution in [0.25, 0.3) is 0 Å². The highest BCUT2D eigenvalue weighted by molar-refractivity contribution is 5.85. The molecule has 2 N–H and O–H groups in total. The Morgan fingerprint density at radius 3 is 2.41 bits per heavy atom. The Hall–Kier alpha value is -1.51. The number of hydrogen-bond acceptors (Lipinski definition) is 2. The van der Waals surface area contributed by atoms with Crippen LogP contribution in [0.4, 0.5) is 5.69 Å². The Labute approximate surface area is 138 Å². The average Bonchev–Trinajstić information content (AvgIpc) is 2.89. The molecule has 116 valence electrons. The zero-order valence-corrected chi connectivity index (χ0v) is 13.7. The number of benzene rings is 2. The highest BCUT2D eigenvalue weighted by Crippen LogP contribution is 2.47. The summed E-state index contributed by atoms with van der Waals surface area (Å²) in [5, 5.41) is 0. The first kappa shape index (κ1) is 15.4. The van der Waals surface area contributed by atoms with Crippen molar-refractivity contribution in [1.82, 2.24) is 4.90 Å². The maximum atomic E-state index is 5.85. The number of likely N-dealkylation sites (tertiary alicyclic amines) is 1. The Bertz CT molecular complexity index is 653. The van der Waals surface area contributed by atoms with Crippen LogP contribution in [0.1, 0.15) is 41.4 Å². The van der Waals surface area contributed by atoms with Gasteiger partial charge in [-0.1, -0.05) is 36.4 Å². The molecule has 2 aromatic rings. The molecular formula is C19H23ClN2. The van der Waals surface area contributed by atoms with Crippen LogP contribution < -0.4 is 5.73 Å². The number of rotatable bonds is 1. The number of nitrogens with zero attached hydrogens (tertiary/aromatic N) is 1. The number of hydrogen-bond donors (Lipinski definition) is 1. The summed E-state index contributed by atoms with van der Waals surface area (Å²) in [5.74, 6) is 1.22. The summed E-state index contributed by atoms with van der Waals surface area (Å²) in [6.07, 6.45) is 2.52. The SMILES string of the molecule is CN1CC[C@@H]2c3ccccc3[C@@H](c3ccc(N)cc3)C[C@H]21.Cl. The van der Waals surface area contributed by atoms with Crippen molar-refractivity contribution in [3.63, 3.8) is 0 Å². The van der Waals surface area contributed by atoms with E-state index in [1.807, 2.05) is 12.1 Å². The van der Waals surface area contributed by atoms with Crippen molar-refractivity contribution in [3.8, 4) is 0 Å². The van der Waals surface area contributed by atoms with Gasteiger partial charge in [0.25, 0.3) is 0 Å². The van der Waals surface area contributed by atoms with Crippen LogP contribution in [0.5, 0.6) is 0 Å². The standard InChI is InChI=1S/C19H22N2.ClH/c1-21-11-10-17-15-4-2-3-5-16(15)18(12-19(17)21)13-6-8-14(20)9-7-13;/h2-9,17-19H,10-12,20H2,1H3;1H/t17-,18-,19-;/m1./s1. The van der Waals surface area contributed by atoms with Gasteiger partial charge in [0.2, 0.25) is 0 Å². The molecule has 1 aliphatic heterocycles. The number of likely N-dealkylation sites (N-methyl/N-ethyl adjacent to an activating group) is 1. The van der Waals surface area contributed by atoms with E-state index in [9.17, 15) is 0 Å². The number of anilines is 1. The van der Waals surface area contributed by atoms with Gasteiger partial charge in [0.05, 0.1) is 0 Å². The number of nitrogens with two attached hydrogens (primary N) is 1. The molecule has 0 spiro atoms. The molecule has 2 aliphatic rings. The molecule has 1 aliphatic carbocycles. The molecule has 1 fully saturated rings. The van der Waals surface area contributed by atoms with Crippen molar-refractivity contribution in [2.75, 3.05) is 19.3 Å². The smallest absolute Gasteiger partial charge is 0.0314 e. The van der Waals surface area contributed by atoms with Crippen molar-refractivity contribution in [1.29, 1.82) is 0 Å². The van der Waals surface area contributed by atoms with Gasteiger partial charge in [-0.25, -0.2) is 0 Å². The third-order valence-corrected chi connectivity index (χ3v) is 5.41. The zero-order valence-electron chi connectivity index (χ0n) is 12.9. The van der Waals surface area contributed by atoms with E-state index in [4.69, 9.17) is 5.73 Å². The quantitative estimate of drug-likeness (QED) is 0.806. The average molecular weight is 315 g/mol. The van der Waals surface area contributed by atoms with Crippen LogP contribution in [0.2, 0.25) is 0 Å². The summed E-state index contributed by atoms with van der Waals surface area (Å²) in [6.45, 7) is 1.22. The lowest BCUT2D eigenvalue weighted by atomic mass is 9.71. The molecule has 0 bridgehead atoms. The largest absolute Gasteiger partial charge is 0.399 e. The van der Waals surface area contributed by atoms with Gasteiger partial charge in [-0.15, -0.1) is 12.4 Å². The lowest BCUT2D eigenvalue weighted by Gasteiger charge is -2.37. The van der Waals surface area contributed by atoms with E-state index in [0.29, 0.717) is 12.0 Å². The van der Waals surface area contributed by atoms with E-state index in [1.165, 1.54) is 30.5 Å². The van der Waals surface area contributed by atoms with Gasteiger partial charge >= 0.3 is 0 Å². The first-order valence-corrected chi connectivity index (χ1v) is 7.88. The fourth-order valence-electron chi connectivity index (χ4n) is 4.29. The fraction of sp³-hybridized carbons (Fsp3) is 0.368. The number of halogens is 1. The van der Waals surface area contributed by atoms with Crippen molar-refractivity contribution < 1.29 is 0 Å². The summed E-state index contributed by atoms with van der Waals surface area (Å²) in [5.41, 5.74) is 11.2. The predicted octanol–water partition coefficient (Wildman–Crippen LogP) is 4.01. The summed E-state index contributed by atoms with van der Waals surface area (Å²) in [7, 11) is 2.28. The van der Waals surface area contributed by atoms with Crippen LogP contribution in [0, 0.1) is 0 Å². The summed E-state index contributed by atoms with van der Waals surface area (Å²) in [6, 6.07) is 18.2. The van der Waals surface area contributed by atoms with Gasteiger partial charge < -0.3 is 10.6 Å². The molecule has 2 aromatic carbocycles. The second-order valence-electron chi connectivity index (χ2n) is 6.53. The molecule has 0 amide bonds. The maximum Gasteiger partial charge on any atom is 0.0314 e. The van der Waals surface area contributed by atoms with Crippen LogP contribution in [0.15, 0.2) is 48.5 Å². The molecule has 0 unspecified atom stereocenters. The van der Waals surface area contributed by atoms with Crippen LogP contribution in [-0.2, 0) is 0 Å². The highest BCUT2D eigenvalue weighted by Gasteiger charge is 2.40. The fourth-order valence-corrected chi connectivity index (χ4v) is 4.29. The molecule has 1 saturated heterocycles. The minimum atomic E-state index is 0. The molecule has 3 heteroatoms.